The van der Waals surface area contributed by atoms with Crippen LogP contribution < -0.4 is 21.2 Å². The molecular weight excluding hydrogens is 303 g/mol. The Balaban J connectivity index is 2.56. The number of carbonyl (C=O) groups is 1. The standard InChI is InChI=1S/C12H16IO2/c1-9(13-3)12(14)15-10(2)11-7-5-4-6-8-11/h4-10H,1-3H3/q-1. The van der Waals surface area contributed by atoms with E-state index >= 15 is 0 Å². The minimum absolute atomic E-state index is 0.0679. The molecule has 15 heavy (non-hydrogen) atoms. The molecule has 0 aliphatic rings. The number of hydrogen-bond donors (Lipinski definition) is 0. The molecule has 1 aromatic carbocycles. The predicted molar refractivity (Wildman–Crippen MR) is 56.3 cm³/mol. The molecule has 2 atom stereocenters. The molecule has 0 saturated heterocycles. The maximum atomic E-state index is 11.6. The number of esters is 1. The second-order valence-electron chi connectivity index (χ2n) is 3.32. The fourth-order valence-corrected chi connectivity index (χ4v) is 1.80. The summed E-state index contributed by atoms with van der Waals surface area (Å²) in [7, 11) is 0. The van der Waals surface area contributed by atoms with Gasteiger partial charge in [-0.1, -0.05) is 0 Å². The van der Waals surface area contributed by atoms with Gasteiger partial charge in [0.2, 0.25) is 0 Å². The van der Waals surface area contributed by atoms with Crippen LogP contribution in [0.2, 0.25) is 0 Å². The van der Waals surface area contributed by atoms with Crippen molar-refractivity contribution in [2.75, 3.05) is 4.93 Å². The van der Waals surface area contributed by atoms with Gasteiger partial charge in [-0.2, -0.15) is 0 Å². The summed E-state index contributed by atoms with van der Waals surface area (Å²) in [5.41, 5.74) is 1.05. The molecule has 0 bridgehead atoms. The third kappa shape index (κ3) is 3.81. The molecule has 0 N–H and O–H groups in total. The summed E-state index contributed by atoms with van der Waals surface area (Å²) in [6.45, 7) is 3.85. The van der Waals surface area contributed by atoms with Crippen molar-refractivity contribution in [2.45, 2.75) is 23.9 Å². The zero-order chi connectivity index (χ0) is 11.3. The van der Waals surface area contributed by atoms with Crippen LogP contribution in [0.25, 0.3) is 0 Å². The molecule has 0 aliphatic heterocycles. The molecular formula is C12H16IO2-. The second kappa shape index (κ2) is 6.10. The third-order valence-electron chi connectivity index (χ3n) is 2.21. The van der Waals surface area contributed by atoms with Crippen molar-refractivity contribution in [3.05, 3.63) is 35.9 Å². The summed E-state index contributed by atoms with van der Waals surface area (Å²) in [6.07, 6.45) is -0.142. The Morgan fingerprint density at radius 3 is 2.40 bits per heavy atom. The SMILES string of the molecule is C[I-]C(C)C(=O)OC(C)c1ccccc1. The van der Waals surface area contributed by atoms with Crippen molar-refractivity contribution in [1.82, 2.24) is 0 Å². The van der Waals surface area contributed by atoms with E-state index in [4.69, 9.17) is 4.74 Å². The van der Waals surface area contributed by atoms with Crippen molar-refractivity contribution in [3.63, 3.8) is 0 Å². The van der Waals surface area contributed by atoms with Gasteiger partial charge in [-0.25, -0.2) is 0 Å². The molecule has 2 nitrogen and oxygen atoms in total. The maximum absolute atomic E-state index is 11.6. The average molecular weight is 319 g/mol. The number of halogens is 1. The molecule has 0 radical (unpaired) electrons. The fraction of sp³-hybridized carbons (Fsp3) is 0.417. The van der Waals surface area contributed by atoms with E-state index in [9.17, 15) is 4.79 Å². The first kappa shape index (κ1) is 12.5. The Labute approximate surface area is 101 Å². The zero-order valence-electron chi connectivity index (χ0n) is 9.24. The average Bonchev–Trinajstić information content (AvgIpc) is 2.29. The number of benzene rings is 1. The number of alkyl halides is 2. The molecule has 0 aromatic heterocycles. The molecule has 0 spiro atoms. The van der Waals surface area contributed by atoms with Crippen LogP contribution in [-0.4, -0.2) is 14.8 Å². The summed E-state index contributed by atoms with van der Waals surface area (Å²) in [5, 5.41) is 0. The Morgan fingerprint density at radius 2 is 1.87 bits per heavy atom. The molecule has 2 unspecified atom stereocenters. The van der Waals surface area contributed by atoms with E-state index in [-0.39, 0.29) is 37.2 Å². The molecule has 0 aliphatic carbocycles. The van der Waals surface area contributed by atoms with Crippen LogP contribution in [0.3, 0.4) is 0 Å². The van der Waals surface area contributed by atoms with Crippen molar-refractivity contribution in [2.24, 2.45) is 0 Å². The van der Waals surface area contributed by atoms with Crippen molar-refractivity contribution >= 4 is 5.97 Å². The van der Waals surface area contributed by atoms with Gasteiger partial charge in [-0.3, -0.25) is 0 Å². The van der Waals surface area contributed by atoms with Gasteiger partial charge in [0.15, 0.2) is 0 Å². The minimum atomic E-state index is -0.142. The zero-order valence-corrected chi connectivity index (χ0v) is 11.4. The van der Waals surface area contributed by atoms with Crippen molar-refractivity contribution in [1.29, 1.82) is 0 Å². The molecule has 84 valence electrons. The summed E-state index contributed by atoms with van der Waals surface area (Å²) in [5.74, 6) is -0.0679. The van der Waals surface area contributed by atoms with Crippen molar-refractivity contribution < 1.29 is 30.7 Å². The molecule has 3 heteroatoms. The quantitative estimate of drug-likeness (QED) is 0.421. The van der Waals surface area contributed by atoms with Gasteiger partial charge in [0, 0.05) is 0 Å². The van der Waals surface area contributed by atoms with Gasteiger partial charge in [-0.15, -0.1) is 0 Å². The summed E-state index contributed by atoms with van der Waals surface area (Å²) < 4.78 is 5.47. The molecule has 0 saturated carbocycles. The molecule has 0 amide bonds. The van der Waals surface area contributed by atoms with E-state index in [2.05, 4.69) is 4.93 Å². The van der Waals surface area contributed by atoms with E-state index in [1.807, 2.05) is 44.2 Å². The predicted octanol–water partition coefficient (Wildman–Crippen LogP) is -0.602. The number of carbonyl (C=O) groups excluding carboxylic acids is 1. The topological polar surface area (TPSA) is 26.3 Å². The van der Waals surface area contributed by atoms with E-state index < -0.39 is 0 Å². The van der Waals surface area contributed by atoms with E-state index in [0.29, 0.717) is 0 Å². The molecule has 0 fully saturated rings. The van der Waals surface area contributed by atoms with Gasteiger partial charge in [0.1, 0.15) is 0 Å². The van der Waals surface area contributed by atoms with Crippen LogP contribution in [0, 0.1) is 0 Å². The van der Waals surface area contributed by atoms with Gasteiger partial charge >= 0.3 is 101 Å². The number of rotatable bonds is 4. The first-order valence-corrected chi connectivity index (χ1v) is 8.29. The Bertz CT molecular complexity index is 311. The number of hydrogen-bond acceptors (Lipinski definition) is 2. The van der Waals surface area contributed by atoms with Crippen LogP contribution in [0.15, 0.2) is 30.3 Å². The third-order valence-corrected chi connectivity index (χ3v) is 4.59. The van der Waals surface area contributed by atoms with Crippen LogP contribution >= 0.6 is 0 Å². The first-order valence-electron chi connectivity index (χ1n) is 4.88. The van der Waals surface area contributed by atoms with Gasteiger partial charge in [-0.05, 0) is 0 Å². The van der Waals surface area contributed by atoms with Crippen LogP contribution in [0.1, 0.15) is 25.5 Å². The number of ether oxygens (including phenoxy) is 1. The Kier molecular flexibility index (Phi) is 5.08. The molecule has 0 heterocycles. The van der Waals surface area contributed by atoms with E-state index in [0.717, 1.165) is 5.56 Å². The molecule has 1 aromatic rings. The summed E-state index contributed by atoms with van der Waals surface area (Å²) in [6, 6.07) is 9.82. The monoisotopic (exact) mass is 319 g/mol. The Hall–Kier alpha value is -0.580. The van der Waals surface area contributed by atoms with Crippen LogP contribution in [0.5, 0.6) is 0 Å². The van der Waals surface area contributed by atoms with E-state index in [1.54, 1.807) is 0 Å². The van der Waals surface area contributed by atoms with Gasteiger partial charge in [0.05, 0.1) is 0 Å². The summed E-state index contributed by atoms with van der Waals surface area (Å²) in [4.78, 5) is 13.7. The normalized spacial score (nSPS) is 14.6. The molecule has 1 rings (SSSR count). The summed E-state index contributed by atoms with van der Waals surface area (Å²) >= 11 is -0.0722. The van der Waals surface area contributed by atoms with Crippen molar-refractivity contribution in [3.8, 4) is 0 Å². The van der Waals surface area contributed by atoms with E-state index in [1.165, 1.54) is 0 Å². The Morgan fingerprint density at radius 1 is 1.27 bits per heavy atom. The van der Waals surface area contributed by atoms with Gasteiger partial charge in [0.25, 0.3) is 0 Å². The fourth-order valence-electron chi connectivity index (χ4n) is 1.15. The van der Waals surface area contributed by atoms with Gasteiger partial charge < -0.3 is 0 Å². The first-order chi connectivity index (χ1) is 7.15. The second-order valence-corrected chi connectivity index (χ2v) is 6.44. The van der Waals surface area contributed by atoms with Crippen LogP contribution in [0.4, 0.5) is 0 Å². The van der Waals surface area contributed by atoms with Crippen LogP contribution in [-0.2, 0) is 9.53 Å².